The SMILES string of the molecule is C/C=C/CCc1ccc(C#Cc2ccc3c(F)c(C#Cc4cc(F)c(CC(F)(F)F)c(F)c4)ccc3c2)cc1. The average molecular weight is 533 g/mol. The number of allylic oxidation sites excluding steroid dienone is 2. The molecule has 0 N–H and O–H groups in total. The number of hydrogen-bond donors (Lipinski definition) is 0. The van der Waals surface area contributed by atoms with E-state index >= 15 is 4.39 Å². The summed E-state index contributed by atoms with van der Waals surface area (Å²) >= 11 is 0. The Morgan fingerprint density at radius 3 is 2.03 bits per heavy atom. The molecule has 196 valence electrons. The van der Waals surface area contributed by atoms with Gasteiger partial charge in [-0.15, -0.1) is 0 Å². The van der Waals surface area contributed by atoms with Gasteiger partial charge in [-0.1, -0.05) is 60.1 Å². The summed E-state index contributed by atoms with van der Waals surface area (Å²) in [4.78, 5) is 0. The summed E-state index contributed by atoms with van der Waals surface area (Å²) in [7, 11) is 0. The zero-order valence-corrected chi connectivity index (χ0v) is 20.9. The van der Waals surface area contributed by atoms with Crippen LogP contribution in [0.1, 0.15) is 46.7 Å². The van der Waals surface area contributed by atoms with Crippen molar-refractivity contribution in [2.24, 2.45) is 0 Å². The Morgan fingerprint density at radius 1 is 0.718 bits per heavy atom. The van der Waals surface area contributed by atoms with Crippen molar-refractivity contribution < 1.29 is 26.3 Å². The van der Waals surface area contributed by atoms with E-state index in [9.17, 15) is 22.0 Å². The second kappa shape index (κ2) is 12.0. The first-order valence-corrected chi connectivity index (χ1v) is 12.1. The number of halogens is 6. The maximum absolute atomic E-state index is 15.1. The number of aryl methyl sites for hydroxylation is 1. The highest BCUT2D eigenvalue weighted by Gasteiger charge is 2.31. The first kappa shape index (κ1) is 27.6. The lowest BCUT2D eigenvalue weighted by Crippen LogP contribution is -2.14. The smallest absolute Gasteiger partial charge is 0.207 e. The average Bonchev–Trinajstić information content (AvgIpc) is 2.89. The highest BCUT2D eigenvalue weighted by Crippen LogP contribution is 2.26. The van der Waals surface area contributed by atoms with E-state index in [1.807, 2.05) is 37.3 Å². The van der Waals surface area contributed by atoms with E-state index in [1.54, 1.807) is 24.3 Å². The molecule has 0 spiro atoms. The molecule has 0 radical (unpaired) electrons. The molecule has 0 aliphatic carbocycles. The van der Waals surface area contributed by atoms with Crippen molar-refractivity contribution in [1.29, 1.82) is 0 Å². The van der Waals surface area contributed by atoms with Crippen molar-refractivity contribution in [3.63, 3.8) is 0 Å². The Bertz CT molecular complexity index is 1630. The molecule has 0 bridgehead atoms. The molecule has 0 atom stereocenters. The molecule has 0 fully saturated rings. The highest BCUT2D eigenvalue weighted by atomic mass is 19.4. The Morgan fingerprint density at radius 2 is 1.36 bits per heavy atom. The molecule has 39 heavy (non-hydrogen) atoms. The third kappa shape index (κ3) is 7.33. The summed E-state index contributed by atoms with van der Waals surface area (Å²) in [5.41, 5.74) is 1.49. The van der Waals surface area contributed by atoms with Crippen molar-refractivity contribution in [2.75, 3.05) is 0 Å². The van der Waals surface area contributed by atoms with Crippen LogP contribution >= 0.6 is 0 Å². The summed E-state index contributed by atoms with van der Waals surface area (Å²) in [6.45, 7) is 2.00. The minimum atomic E-state index is -4.76. The maximum atomic E-state index is 15.1. The van der Waals surface area contributed by atoms with Gasteiger partial charge in [0, 0.05) is 27.6 Å². The van der Waals surface area contributed by atoms with Gasteiger partial charge < -0.3 is 0 Å². The molecule has 0 unspecified atom stereocenters. The summed E-state index contributed by atoms with van der Waals surface area (Å²) in [6, 6.07) is 17.5. The van der Waals surface area contributed by atoms with Crippen molar-refractivity contribution in [1.82, 2.24) is 0 Å². The summed E-state index contributed by atoms with van der Waals surface area (Å²) in [5.74, 6) is 7.79. The molecule has 4 aromatic rings. The van der Waals surface area contributed by atoms with Gasteiger partial charge in [0.05, 0.1) is 12.0 Å². The van der Waals surface area contributed by atoms with Crippen LogP contribution in [0.2, 0.25) is 0 Å². The topological polar surface area (TPSA) is 0 Å². The third-order valence-electron chi connectivity index (χ3n) is 5.95. The largest absolute Gasteiger partial charge is 0.393 e. The molecule has 4 aromatic carbocycles. The Kier molecular flexibility index (Phi) is 8.47. The van der Waals surface area contributed by atoms with Gasteiger partial charge in [0.2, 0.25) is 0 Å². The fraction of sp³-hybridized carbons (Fsp3) is 0.152. The van der Waals surface area contributed by atoms with Crippen molar-refractivity contribution in [3.8, 4) is 23.7 Å². The molecular formula is C33H22F6. The zero-order chi connectivity index (χ0) is 28.0. The predicted molar refractivity (Wildman–Crippen MR) is 142 cm³/mol. The van der Waals surface area contributed by atoms with Gasteiger partial charge >= 0.3 is 6.18 Å². The molecule has 0 nitrogen and oxygen atoms in total. The Balaban J connectivity index is 1.53. The second-order valence-electron chi connectivity index (χ2n) is 8.88. The van der Waals surface area contributed by atoms with Gasteiger partial charge in [0.25, 0.3) is 0 Å². The van der Waals surface area contributed by atoms with Crippen LogP contribution in [0.5, 0.6) is 0 Å². The van der Waals surface area contributed by atoms with E-state index in [0.717, 1.165) is 18.4 Å². The standard InChI is InChI=1S/C33H22F6/c1-2-3-4-5-22-6-8-23(9-7-22)10-11-24-13-17-28-27(18-24)16-15-26(32(28)36)14-12-25-19-30(34)29(31(35)20-25)21-33(37,38)39/h2-3,6-9,13,15-20H,4-5,21H2,1H3/b3-2+. The summed E-state index contributed by atoms with van der Waals surface area (Å²) in [5, 5.41) is 0.883. The van der Waals surface area contributed by atoms with E-state index in [-0.39, 0.29) is 16.5 Å². The lowest BCUT2D eigenvalue weighted by Gasteiger charge is -2.08. The van der Waals surface area contributed by atoms with Crippen LogP contribution in [0.25, 0.3) is 10.8 Å². The molecule has 0 saturated heterocycles. The molecule has 0 aliphatic rings. The predicted octanol–water partition coefficient (Wildman–Crippen LogP) is 8.67. The molecule has 4 rings (SSSR count). The van der Waals surface area contributed by atoms with Crippen LogP contribution in [0.15, 0.2) is 78.9 Å². The summed E-state index contributed by atoms with van der Waals surface area (Å²) < 4.78 is 80.8. The highest BCUT2D eigenvalue weighted by molar-refractivity contribution is 5.86. The van der Waals surface area contributed by atoms with Gasteiger partial charge in [-0.3, -0.25) is 0 Å². The van der Waals surface area contributed by atoms with Crippen LogP contribution < -0.4 is 0 Å². The lowest BCUT2D eigenvalue weighted by molar-refractivity contribution is -0.128. The minimum absolute atomic E-state index is 0.0176. The lowest BCUT2D eigenvalue weighted by atomic mass is 10.0. The zero-order valence-electron chi connectivity index (χ0n) is 20.9. The first-order chi connectivity index (χ1) is 18.6. The first-order valence-electron chi connectivity index (χ1n) is 12.1. The number of fused-ring (bicyclic) bond motifs is 1. The molecule has 0 heterocycles. The van der Waals surface area contributed by atoms with Crippen molar-refractivity contribution in [2.45, 2.75) is 32.4 Å². The van der Waals surface area contributed by atoms with E-state index in [1.165, 1.54) is 11.6 Å². The molecular weight excluding hydrogens is 510 g/mol. The van der Waals surface area contributed by atoms with Crippen molar-refractivity contribution in [3.05, 3.63) is 130 Å². The monoisotopic (exact) mass is 532 g/mol. The van der Waals surface area contributed by atoms with Crippen LogP contribution in [0, 0.1) is 41.1 Å². The van der Waals surface area contributed by atoms with Crippen LogP contribution in [0.3, 0.4) is 0 Å². The minimum Gasteiger partial charge on any atom is -0.207 e. The number of alkyl halides is 3. The summed E-state index contributed by atoms with van der Waals surface area (Å²) in [6.07, 6.45) is -0.391. The molecule has 0 amide bonds. The number of rotatable bonds is 4. The van der Waals surface area contributed by atoms with E-state index < -0.39 is 35.6 Å². The second-order valence-corrected chi connectivity index (χ2v) is 8.88. The normalized spacial score (nSPS) is 11.3. The van der Waals surface area contributed by atoms with Gasteiger partial charge in [-0.25, -0.2) is 13.2 Å². The van der Waals surface area contributed by atoms with Gasteiger partial charge in [-0.05, 0) is 73.2 Å². The molecule has 0 aliphatic heterocycles. The fourth-order valence-electron chi connectivity index (χ4n) is 3.97. The van der Waals surface area contributed by atoms with Crippen LogP contribution in [-0.2, 0) is 12.8 Å². The molecule has 0 saturated carbocycles. The molecule has 6 heteroatoms. The van der Waals surface area contributed by atoms with Crippen molar-refractivity contribution >= 4 is 10.8 Å². The maximum Gasteiger partial charge on any atom is 0.393 e. The van der Waals surface area contributed by atoms with Crippen LogP contribution in [-0.4, -0.2) is 6.18 Å². The van der Waals surface area contributed by atoms with E-state index in [4.69, 9.17) is 0 Å². The third-order valence-corrected chi connectivity index (χ3v) is 5.95. The van der Waals surface area contributed by atoms with Gasteiger partial charge in [0.1, 0.15) is 17.5 Å². The quantitative estimate of drug-likeness (QED) is 0.140. The van der Waals surface area contributed by atoms with E-state index in [0.29, 0.717) is 23.1 Å². The van der Waals surface area contributed by atoms with E-state index in [2.05, 4.69) is 29.8 Å². The van der Waals surface area contributed by atoms with Gasteiger partial charge in [0.15, 0.2) is 0 Å². The Labute approximate surface area is 223 Å². The number of hydrogen-bond acceptors (Lipinski definition) is 0. The Hall–Kier alpha value is -4.42. The van der Waals surface area contributed by atoms with Crippen LogP contribution in [0.4, 0.5) is 26.3 Å². The molecule has 0 aromatic heterocycles. The number of benzene rings is 4. The van der Waals surface area contributed by atoms with Gasteiger partial charge in [-0.2, -0.15) is 13.2 Å². The fourth-order valence-corrected chi connectivity index (χ4v) is 3.97.